The predicted octanol–water partition coefficient (Wildman–Crippen LogP) is -1.36. The highest BCUT2D eigenvalue weighted by Crippen LogP contribution is 2.50. The second kappa shape index (κ2) is 9.50. The summed E-state index contributed by atoms with van der Waals surface area (Å²) in [6, 6.07) is 1.30. The maximum atomic E-state index is 13.2. The summed E-state index contributed by atoms with van der Waals surface area (Å²) in [6.45, 7) is 3.44. The Bertz CT molecular complexity index is 1020. The topological polar surface area (TPSA) is 191 Å². The number of benzene rings is 1. The average molecular weight is 494 g/mol. The molecule has 12 nitrogen and oxygen atoms in total. The van der Waals surface area contributed by atoms with E-state index < -0.39 is 63.9 Å². The normalized spacial score (nSPS) is 24.4. The van der Waals surface area contributed by atoms with E-state index in [1.807, 2.05) is 0 Å². The van der Waals surface area contributed by atoms with E-state index in [9.17, 15) is 34.2 Å². The highest BCUT2D eigenvalue weighted by Gasteiger charge is 2.64. The second-order valence-electron chi connectivity index (χ2n) is 8.63. The number of β-lactam (4-membered cyclic amide) rings is 1. The van der Waals surface area contributed by atoms with Crippen LogP contribution in [0.15, 0.2) is 24.3 Å². The lowest BCUT2D eigenvalue weighted by Crippen LogP contribution is -2.71. The Balaban J connectivity index is 1.80. The first-order chi connectivity index (χ1) is 15.9. The number of fused-ring (bicyclic) bond motifs is 1. The number of carbonyl (C=O) groups excluding carboxylic acids is 4. The molecule has 7 N–H and O–H groups in total. The summed E-state index contributed by atoms with van der Waals surface area (Å²) in [5.41, 5.74) is 5.51. The molecule has 184 valence electrons. The van der Waals surface area contributed by atoms with Crippen molar-refractivity contribution >= 4 is 41.4 Å². The van der Waals surface area contributed by atoms with Crippen molar-refractivity contribution in [2.45, 2.75) is 54.6 Å². The molecule has 3 rings (SSSR count). The van der Waals surface area contributed by atoms with Crippen LogP contribution in [0.4, 0.5) is 0 Å². The van der Waals surface area contributed by atoms with E-state index in [0.717, 1.165) is 0 Å². The molecule has 0 spiro atoms. The number of nitrogens with two attached hydrogens (primary N) is 1. The summed E-state index contributed by atoms with van der Waals surface area (Å²) < 4.78 is -0.759. The third-order valence-corrected chi connectivity index (χ3v) is 7.39. The summed E-state index contributed by atoms with van der Waals surface area (Å²) in [7, 11) is 1.46. The average Bonchev–Trinajstić information content (AvgIpc) is 3.02. The van der Waals surface area contributed by atoms with Gasteiger partial charge in [0.25, 0.3) is 0 Å². The van der Waals surface area contributed by atoms with Gasteiger partial charge in [0.05, 0.1) is 12.5 Å². The van der Waals surface area contributed by atoms with Gasteiger partial charge in [-0.05, 0) is 38.6 Å². The molecule has 0 aromatic heterocycles. The Labute approximate surface area is 199 Å². The number of phenolic OH excluding ortho intramolecular Hbond substituents is 1. The zero-order valence-electron chi connectivity index (χ0n) is 18.8. The van der Waals surface area contributed by atoms with Gasteiger partial charge < -0.3 is 36.8 Å². The molecule has 0 radical (unpaired) electrons. The SMILES string of the molecule is CN[C@H](CC(N)=O)C(=O)N[C@@H](C(=O)N[C@@H]1C(=O)N2[C@@H]1SC(C)(C)[C@@H]2C(=O)O)c1ccc(O)cc1. The largest absolute Gasteiger partial charge is 0.508 e. The quantitative estimate of drug-likeness (QED) is 0.226. The molecule has 2 aliphatic rings. The number of rotatable bonds is 9. The number of carboxylic acid groups (broad SMARTS) is 1. The van der Waals surface area contributed by atoms with Crippen molar-refractivity contribution in [2.75, 3.05) is 7.05 Å². The van der Waals surface area contributed by atoms with E-state index in [2.05, 4.69) is 16.0 Å². The predicted molar refractivity (Wildman–Crippen MR) is 121 cm³/mol. The van der Waals surface area contributed by atoms with E-state index in [-0.39, 0.29) is 12.2 Å². The van der Waals surface area contributed by atoms with Gasteiger partial charge in [0.15, 0.2) is 0 Å². The third kappa shape index (κ3) is 4.80. The Hall–Kier alpha value is -3.32. The summed E-state index contributed by atoms with van der Waals surface area (Å²) in [5, 5.41) is 26.4. The van der Waals surface area contributed by atoms with E-state index in [4.69, 9.17) is 5.73 Å². The lowest BCUT2D eigenvalue weighted by Gasteiger charge is -2.44. The first kappa shape index (κ1) is 25.3. The monoisotopic (exact) mass is 493 g/mol. The van der Waals surface area contributed by atoms with Crippen molar-refractivity contribution in [3.8, 4) is 5.75 Å². The minimum atomic E-state index is -1.26. The fourth-order valence-corrected chi connectivity index (χ4v) is 5.74. The molecule has 1 aromatic rings. The molecule has 0 aliphatic carbocycles. The molecule has 2 aliphatic heterocycles. The number of phenols is 1. The number of hydrogen-bond acceptors (Lipinski definition) is 8. The van der Waals surface area contributed by atoms with Crippen LogP contribution in [0.5, 0.6) is 5.75 Å². The molecule has 13 heteroatoms. The van der Waals surface area contributed by atoms with Crippen molar-refractivity contribution in [3.63, 3.8) is 0 Å². The van der Waals surface area contributed by atoms with Crippen molar-refractivity contribution in [2.24, 2.45) is 5.73 Å². The number of nitrogens with one attached hydrogen (secondary N) is 3. The molecule has 4 amide bonds. The van der Waals surface area contributed by atoms with Gasteiger partial charge in [-0.1, -0.05) is 12.1 Å². The van der Waals surface area contributed by atoms with Crippen molar-refractivity contribution in [1.82, 2.24) is 20.9 Å². The van der Waals surface area contributed by atoms with Crippen LogP contribution in [0.2, 0.25) is 0 Å². The molecule has 0 bridgehead atoms. The van der Waals surface area contributed by atoms with Crippen molar-refractivity contribution in [1.29, 1.82) is 0 Å². The van der Waals surface area contributed by atoms with Crippen LogP contribution in [0.3, 0.4) is 0 Å². The lowest BCUT2D eigenvalue weighted by molar-refractivity contribution is -0.161. The minimum Gasteiger partial charge on any atom is -0.508 e. The number of aliphatic carboxylic acids is 1. The van der Waals surface area contributed by atoms with Crippen molar-refractivity contribution in [3.05, 3.63) is 29.8 Å². The van der Waals surface area contributed by atoms with E-state index in [1.165, 1.54) is 48.0 Å². The van der Waals surface area contributed by atoms with Crippen LogP contribution in [0.1, 0.15) is 31.9 Å². The molecule has 0 saturated carbocycles. The highest BCUT2D eigenvalue weighted by atomic mass is 32.2. The number of carbonyl (C=O) groups is 5. The number of likely N-dealkylation sites (N-methyl/N-ethyl adjacent to an activating group) is 1. The molecule has 5 atom stereocenters. The molecular weight excluding hydrogens is 466 g/mol. The Morgan fingerprint density at radius 1 is 1.18 bits per heavy atom. The Kier molecular flexibility index (Phi) is 7.07. The van der Waals surface area contributed by atoms with Gasteiger partial charge >= 0.3 is 5.97 Å². The number of carboxylic acids is 1. The number of hydrogen-bond donors (Lipinski definition) is 6. The highest BCUT2D eigenvalue weighted by molar-refractivity contribution is 8.01. The fraction of sp³-hybridized carbons (Fsp3) is 0.476. The summed E-state index contributed by atoms with van der Waals surface area (Å²) in [4.78, 5) is 62.9. The lowest BCUT2D eigenvalue weighted by atomic mass is 9.95. The number of nitrogens with zero attached hydrogens (tertiary/aromatic N) is 1. The fourth-order valence-electron chi connectivity index (χ4n) is 4.12. The molecule has 2 saturated heterocycles. The number of thioether (sulfide) groups is 1. The third-order valence-electron chi connectivity index (χ3n) is 5.82. The van der Waals surface area contributed by atoms with Crippen LogP contribution >= 0.6 is 11.8 Å². The molecule has 2 heterocycles. The van der Waals surface area contributed by atoms with Gasteiger partial charge in [-0.15, -0.1) is 11.8 Å². The zero-order valence-corrected chi connectivity index (χ0v) is 19.6. The van der Waals surface area contributed by atoms with Crippen LogP contribution < -0.4 is 21.7 Å². The van der Waals surface area contributed by atoms with Gasteiger partial charge in [-0.2, -0.15) is 0 Å². The van der Waals surface area contributed by atoms with Crippen molar-refractivity contribution < 1.29 is 34.2 Å². The first-order valence-electron chi connectivity index (χ1n) is 10.5. The minimum absolute atomic E-state index is 0.0508. The van der Waals surface area contributed by atoms with Gasteiger partial charge in [0, 0.05) is 4.75 Å². The molecular formula is C21H27N5O7S. The Morgan fingerprint density at radius 3 is 2.32 bits per heavy atom. The van der Waals surface area contributed by atoms with Gasteiger partial charge in [0.1, 0.15) is 29.2 Å². The standard InChI is InChI=1S/C21H27N5O7S/c1-21(2)15(20(32)33)26-18(31)14(19(26)34-21)25-17(30)13(9-4-6-10(27)7-5-9)24-16(29)11(23-3)8-12(22)28/h4-7,11,13-15,19,23,27H,8H2,1-3H3,(H2,22,28)(H,24,29)(H,25,30)(H,32,33)/t11-,13-,14-,15+,19-/m1/s1. The number of amides is 4. The smallest absolute Gasteiger partial charge is 0.327 e. The number of aromatic hydroxyl groups is 1. The second-order valence-corrected chi connectivity index (χ2v) is 10.4. The summed E-state index contributed by atoms with van der Waals surface area (Å²) in [5.74, 6) is -3.79. The maximum Gasteiger partial charge on any atom is 0.327 e. The van der Waals surface area contributed by atoms with Crippen LogP contribution in [0, 0.1) is 0 Å². The summed E-state index contributed by atoms with van der Waals surface area (Å²) in [6.07, 6.45) is -0.299. The van der Waals surface area contributed by atoms with Gasteiger partial charge in [-0.25, -0.2) is 4.79 Å². The Morgan fingerprint density at radius 2 is 1.79 bits per heavy atom. The number of primary amides is 1. The van der Waals surface area contributed by atoms with Crippen LogP contribution in [-0.4, -0.2) is 80.0 Å². The summed E-state index contributed by atoms with van der Waals surface area (Å²) >= 11 is 1.27. The first-order valence-corrected chi connectivity index (χ1v) is 11.3. The molecule has 2 fully saturated rings. The molecule has 0 unspecified atom stereocenters. The maximum absolute atomic E-state index is 13.2. The van der Waals surface area contributed by atoms with E-state index in [1.54, 1.807) is 13.8 Å². The molecule has 34 heavy (non-hydrogen) atoms. The zero-order chi connectivity index (χ0) is 25.4. The van der Waals surface area contributed by atoms with Gasteiger partial charge in [0.2, 0.25) is 23.6 Å². The molecule has 1 aromatic carbocycles. The van der Waals surface area contributed by atoms with E-state index in [0.29, 0.717) is 5.56 Å². The van der Waals surface area contributed by atoms with Gasteiger partial charge in [-0.3, -0.25) is 19.2 Å². The van der Waals surface area contributed by atoms with E-state index >= 15 is 0 Å². The van der Waals surface area contributed by atoms with Crippen LogP contribution in [-0.2, 0) is 24.0 Å². The van der Waals surface area contributed by atoms with Crippen LogP contribution in [0.25, 0.3) is 0 Å².